The predicted molar refractivity (Wildman–Crippen MR) is 105 cm³/mol. The van der Waals surface area contributed by atoms with E-state index in [-0.39, 0.29) is 41.0 Å². The molecule has 6 nitrogen and oxygen atoms in total. The number of carbonyl (C=O) groups is 1. The van der Waals surface area contributed by atoms with E-state index in [1.807, 2.05) is 6.92 Å². The summed E-state index contributed by atoms with van der Waals surface area (Å²) in [5.41, 5.74) is 5.26. The summed E-state index contributed by atoms with van der Waals surface area (Å²) >= 11 is 0. The lowest BCUT2D eigenvalue weighted by molar-refractivity contribution is -0.137. The third kappa shape index (κ3) is 4.86. The molecule has 0 fully saturated rings. The monoisotopic (exact) mass is 428 g/mol. The highest BCUT2D eigenvalue weighted by Crippen LogP contribution is 2.37. The Kier molecular flexibility index (Phi) is 6.86. The number of carbonyl (C=O) groups excluding carboxylic acids is 1. The summed E-state index contributed by atoms with van der Waals surface area (Å²) in [6.45, 7) is 3.78. The Morgan fingerprint density at radius 1 is 1.31 bits per heavy atom. The van der Waals surface area contributed by atoms with E-state index in [4.69, 9.17) is 10.3 Å². The zero-order chi connectivity index (χ0) is 20.5. The predicted octanol–water partition coefficient (Wildman–Crippen LogP) is 4.11. The minimum atomic E-state index is -4.57. The van der Waals surface area contributed by atoms with Crippen LogP contribution in [0.4, 0.5) is 13.2 Å². The van der Waals surface area contributed by atoms with Crippen molar-refractivity contribution in [3.63, 3.8) is 0 Å². The molecule has 1 amide bonds. The van der Waals surface area contributed by atoms with Gasteiger partial charge < -0.3 is 15.6 Å². The van der Waals surface area contributed by atoms with Crippen LogP contribution in [-0.4, -0.2) is 28.6 Å². The molecule has 0 saturated heterocycles. The van der Waals surface area contributed by atoms with Gasteiger partial charge in [0.2, 0.25) is 0 Å². The molecule has 0 radical (unpaired) electrons. The van der Waals surface area contributed by atoms with Crippen molar-refractivity contribution in [2.75, 3.05) is 6.54 Å². The molecule has 0 aliphatic heterocycles. The second kappa shape index (κ2) is 8.79. The first-order chi connectivity index (χ1) is 13.2. The zero-order valence-corrected chi connectivity index (χ0v) is 16.5. The highest BCUT2D eigenvalue weighted by Gasteiger charge is 2.34. The fourth-order valence-corrected chi connectivity index (χ4v) is 2.87. The molecule has 1 atom stereocenters. The van der Waals surface area contributed by atoms with Gasteiger partial charge >= 0.3 is 6.18 Å². The number of nitrogens with one attached hydrogen (secondary N) is 1. The number of fused-ring (bicyclic) bond motifs is 1. The van der Waals surface area contributed by atoms with Gasteiger partial charge in [0.15, 0.2) is 0 Å². The summed E-state index contributed by atoms with van der Waals surface area (Å²) in [6, 6.07) is 6.28. The highest BCUT2D eigenvalue weighted by atomic mass is 35.5. The number of benzene rings is 1. The Balaban J connectivity index is 0.00000300. The van der Waals surface area contributed by atoms with E-state index in [9.17, 15) is 18.0 Å². The maximum Gasteiger partial charge on any atom is 0.417 e. The molecule has 3 rings (SSSR count). The Labute approximate surface area is 171 Å². The Morgan fingerprint density at radius 3 is 2.66 bits per heavy atom. The van der Waals surface area contributed by atoms with E-state index >= 15 is 0 Å². The maximum atomic E-state index is 13.4. The number of aromatic nitrogens is 2. The van der Waals surface area contributed by atoms with Gasteiger partial charge in [0, 0.05) is 18.2 Å². The molecule has 0 aliphatic rings. The molecule has 156 valence electrons. The smallest absolute Gasteiger partial charge is 0.352 e. The van der Waals surface area contributed by atoms with Crippen LogP contribution >= 0.6 is 12.4 Å². The lowest BCUT2D eigenvalue weighted by Crippen LogP contribution is -2.29. The van der Waals surface area contributed by atoms with Gasteiger partial charge in [0.05, 0.1) is 27.9 Å². The average Bonchev–Trinajstić information content (AvgIpc) is 3.01. The van der Waals surface area contributed by atoms with Gasteiger partial charge in [-0.2, -0.15) is 13.2 Å². The first kappa shape index (κ1) is 22.6. The summed E-state index contributed by atoms with van der Waals surface area (Å²) in [6.07, 6.45) is -4.00. The maximum absolute atomic E-state index is 13.4. The van der Waals surface area contributed by atoms with Crippen LogP contribution in [-0.2, 0) is 6.18 Å². The third-order valence-electron chi connectivity index (χ3n) is 4.26. The van der Waals surface area contributed by atoms with E-state index in [1.54, 1.807) is 6.92 Å². The lowest BCUT2D eigenvalue weighted by Gasteiger charge is -2.13. The summed E-state index contributed by atoms with van der Waals surface area (Å²) < 4.78 is 45.3. The van der Waals surface area contributed by atoms with Crippen molar-refractivity contribution >= 4 is 29.4 Å². The van der Waals surface area contributed by atoms with Crippen LogP contribution < -0.4 is 11.1 Å². The van der Waals surface area contributed by atoms with Crippen molar-refractivity contribution in [2.24, 2.45) is 5.73 Å². The SMILES string of the molecule is Cc1noc2nc(-c3ccccc3C(F)(F)F)cc(C(=O)NCCC(C)N)c12.Cl. The minimum absolute atomic E-state index is 0. The molecule has 1 aromatic carbocycles. The van der Waals surface area contributed by atoms with Crippen LogP contribution in [0.3, 0.4) is 0 Å². The number of nitrogens with zero attached hydrogens (tertiary/aromatic N) is 2. The molecule has 2 heterocycles. The highest BCUT2D eigenvalue weighted by molar-refractivity contribution is 6.07. The largest absolute Gasteiger partial charge is 0.417 e. The summed E-state index contributed by atoms with van der Waals surface area (Å²) in [4.78, 5) is 16.8. The Bertz CT molecular complexity index is 1020. The Hall–Kier alpha value is -2.65. The molecule has 10 heteroatoms. The standard InChI is InChI=1S/C19H19F3N4O2.ClH/c1-10(23)7-8-24-17(27)13-9-15(25-18-16(13)11(2)26-28-18)12-5-3-4-6-14(12)19(20,21)22;/h3-6,9-10H,7-8,23H2,1-2H3,(H,24,27);1H. The summed E-state index contributed by atoms with van der Waals surface area (Å²) in [7, 11) is 0. The quantitative estimate of drug-likeness (QED) is 0.638. The number of amides is 1. The first-order valence-corrected chi connectivity index (χ1v) is 8.66. The summed E-state index contributed by atoms with van der Waals surface area (Å²) in [5, 5.41) is 6.89. The van der Waals surface area contributed by atoms with Gasteiger partial charge in [-0.1, -0.05) is 23.4 Å². The first-order valence-electron chi connectivity index (χ1n) is 8.66. The molecule has 3 N–H and O–H groups in total. The van der Waals surface area contributed by atoms with Crippen LogP contribution in [0.5, 0.6) is 0 Å². The number of hydrogen-bond donors (Lipinski definition) is 2. The van der Waals surface area contributed by atoms with Crippen molar-refractivity contribution < 1.29 is 22.5 Å². The van der Waals surface area contributed by atoms with E-state index in [1.165, 1.54) is 24.3 Å². The lowest BCUT2D eigenvalue weighted by atomic mass is 10.0. The number of rotatable bonds is 5. The number of alkyl halides is 3. The number of aryl methyl sites for hydroxylation is 1. The molecular formula is C19H20ClF3N4O2. The van der Waals surface area contributed by atoms with Crippen molar-refractivity contribution in [3.8, 4) is 11.3 Å². The molecule has 0 saturated carbocycles. The van der Waals surface area contributed by atoms with Gasteiger partial charge in [-0.15, -0.1) is 12.4 Å². The van der Waals surface area contributed by atoms with Crippen molar-refractivity contribution in [1.82, 2.24) is 15.5 Å². The number of pyridine rings is 1. The molecule has 0 aliphatic carbocycles. The van der Waals surface area contributed by atoms with Gasteiger partial charge in [-0.3, -0.25) is 4.79 Å². The number of nitrogens with two attached hydrogens (primary N) is 1. The molecular weight excluding hydrogens is 409 g/mol. The third-order valence-corrected chi connectivity index (χ3v) is 4.26. The molecule has 2 aromatic heterocycles. The van der Waals surface area contributed by atoms with Gasteiger partial charge in [0.1, 0.15) is 0 Å². The number of halogens is 4. The minimum Gasteiger partial charge on any atom is -0.352 e. The van der Waals surface area contributed by atoms with Crippen LogP contribution in [0, 0.1) is 6.92 Å². The molecule has 0 bridgehead atoms. The van der Waals surface area contributed by atoms with Crippen LogP contribution in [0.1, 0.15) is 35.0 Å². The average molecular weight is 429 g/mol. The van der Waals surface area contributed by atoms with Gasteiger partial charge in [0.25, 0.3) is 11.6 Å². The molecule has 0 spiro atoms. The van der Waals surface area contributed by atoms with Crippen LogP contribution in [0.25, 0.3) is 22.4 Å². The van der Waals surface area contributed by atoms with Crippen molar-refractivity contribution in [1.29, 1.82) is 0 Å². The fourth-order valence-electron chi connectivity index (χ4n) is 2.87. The van der Waals surface area contributed by atoms with E-state index in [0.29, 0.717) is 24.0 Å². The topological polar surface area (TPSA) is 94.0 Å². The molecule has 29 heavy (non-hydrogen) atoms. The second-order valence-electron chi connectivity index (χ2n) is 6.57. The van der Waals surface area contributed by atoms with E-state index in [0.717, 1.165) is 6.07 Å². The van der Waals surface area contributed by atoms with Crippen molar-refractivity contribution in [2.45, 2.75) is 32.5 Å². The van der Waals surface area contributed by atoms with E-state index in [2.05, 4.69) is 15.5 Å². The van der Waals surface area contributed by atoms with Gasteiger partial charge in [-0.25, -0.2) is 4.98 Å². The number of hydrogen-bond acceptors (Lipinski definition) is 5. The fraction of sp³-hybridized carbons (Fsp3) is 0.316. The normalized spacial score (nSPS) is 12.5. The Morgan fingerprint density at radius 2 is 2.00 bits per heavy atom. The molecule has 1 unspecified atom stereocenters. The molecule has 3 aromatic rings. The second-order valence-corrected chi connectivity index (χ2v) is 6.57. The van der Waals surface area contributed by atoms with Gasteiger partial charge in [-0.05, 0) is 32.4 Å². The van der Waals surface area contributed by atoms with E-state index < -0.39 is 17.6 Å². The van der Waals surface area contributed by atoms with Crippen LogP contribution in [0.15, 0.2) is 34.9 Å². The zero-order valence-electron chi connectivity index (χ0n) is 15.7. The van der Waals surface area contributed by atoms with Crippen LogP contribution in [0.2, 0.25) is 0 Å². The van der Waals surface area contributed by atoms with Crippen molar-refractivity contribution in [3.05, 3.63) is 47.2 Å². The summed E-state index contributed by atoms with van der Waals surface area (Å²) in [5.74, 6) is -0.454.